The molecule has 0 amide bonds. The molecule has 28 heavy (non-hydrogen) atoms. The Bertz CT molecular complexity index is 804. The summed E-state index contributed by atoms with van der Waals surface area (Å²) >= 11 is 0. The van der Waals surface area contributed by atoms with Gasteiger partial charge in [0, 0.05) is 19.2 Å². The largest absolute Gasteiger partial charge is 0.497 e. The molecule has 1 aromatic carbocycles. The molecule has 0 spiro atoms. The van der Waals surface area contributed by atoms with Crippen LogP contribution in [0.15, 0.2) is 29.3 Å². The van der Waals surface area contributed by atoms with Crippen molar-refractivity contribution in [1.82, 2.24) is 25.4 Å². The van der Waals surface area contributed by atoms with E-state index in [2.05, 4.69) is 27.6 Å². The highest BCUT2D eigenvalue weighted by atomic mass is 16.5. The number of aryl methyl sites for hydroxylation is 2. The molecule has 0 aliphatic carbocycles. The molecule has 1 aliphatic rings. The lowest BCUT2D eigenvalue weighted by Gasteiger charge is -2.25. The van der Waals surface area contributed by atoms with Crippen LogP contribution in [-0.4, -0.2) is 47.0 Å². The second kappa shape index (κ2) is 9.43. The number of aliphatic imine (C=N–C) groups is 1. The highest BCUT2D eigenvalue weighted by Gasteiger charge is 2.24. The molecule has 0 radical (unpaired) electrons. The van der Waals surface area contributed by atoms with Crippen molar-refractivity contribution in [1.29, 1.82) is 0 Å². The van der Waals surface area contributed by atoms with Gasteiger partial charge in [0.2, 0.25) is 0 Å². The fourth-order valence-electron chi connectivity index (χ4n) is 3.25. The van der Waals surface area contributed by atoms with Gasteiger partial charge in [0.15, 0.2) is 5.96 Å². The van der Waals surface area contributed by atoms with Crippen molar-refractivity contribution >= 4 is 5.96 Å². The van der Waals surface area contributed by atoms with E-state index in [4.69, 9.17) is 14.5 Å². The van der Waals surface area contributed by atoms with Gasteiger partial charge in [0.25, 0.3) is 0 Å². The number of aromatic nitrogens is 3. The zero-order valence-electron chi connectivity index (χ0n) is 17.1. The maximum absolute atomic E-state index is 5.97. The lowest BCUT2D eigenvalue weighted by Crippen LogP contribution is -2.42. The van der Waals surface area contributed by atoms with E-state index in [1.165, 1.54) is 0 Å². The molecule has 1 aromatic heterocycles. The maximum atomic E-state index is 5.97. The highest BCUT2D eigenvalue weighted by molar-refractivity contribution is 5.80. The minimum Gasteiger partial charge on any atom is -0.497 e. The number of hydrogen-bond acceptors (Lipinski definition) is 5. The first-order valence-electron chi connectivity index (χ1n) is 9.86. The van der Waals surface area contributed by atoms with E-state index in [1.807, 2.05) is 42.8 Å². The Kier molecular flexibility index (Phi) is 6.73. The second-order valence-corrected chi connectivity index (χ2v) is 6.91. The summed E-state index contributed by atoms with van der Waals surface area (Å²) in [7, 11) is 1.65. The smallest absolute Gasteiger partial charge is 0.191 e. The van der Waals surface area contributed by atoms with Crippen molar-refractivity contribution in [2.24, 2.45) is 4.99 Å². The molecule has 0 bridgehead atoms. The van der Waals surface area contributed by atoms with Crippen molar-refractivity contribution in [3.63, 3.8) is 0 Å². The normalized spacial score (nSPS) is 17.6. The van der Waals surface area contributed by atoms with Gasteiger partial charge in [-0.05, 0) is 45.7 Å². The Balaban J connectivity index is 1.62. The zero-order chi connectivity index (χ0) is 19.9. The lowest BCUT2D eigenvalue weighted by molar-refractivity contribution is 0.229. The third-order valence-electron chi connectivity index (χ3n) is 4.52. The van der Waals surface area contributed by atoms with Gasteiger partial charge in [0.1, 0.15) is 29.3 Å². The average molecular weight is 387 g/mol. The molecule has 2 heterocycles. The van der Waals surface area contributed by atoms with Crippen molar-refractivity contribution in [3.8, 4) is 11.5 Å². The molecule has 2 N–H and O–H groups in total. The van der Waals surface area contributed by atoms with Crippen LogP contribution in [0, 0.1) is 6.92 Å². The van der Waals surface area contributed by atoms with Crippen molar-refractivity contribution in [3.05, 3.63) is 35.9 Å². The summed E-state index contributed by atoms with van der Waals surface area (Å²) in [6.45, 7) is 8.24. The molecule has 8 nitrogen and oxygen atoms in total. The molecule has 0 saturated heterocycles. The third-order valence-corrected chi connectivity index (χ3v) is 4.52. The van der Waals surface area contributed by atoms with E-state index < -0.39 is 0 Å². The van der Waals surface area contributed by atoms with Crippen LogP contribution in [0.25, 0.3) is 0 Å². The SMILES string of the molecule is CCNC(=NCC(C)Oc1cccc(OC)c1)NC1CCCn2nc(C)nc21. The standard InChI is InChI=1S/C20H30N6O2/c1-5-21-20(24-18-10-7-11-26-19(18)23-15(3)25-26)22-13-14(2)28-17-9-6-8-16(12-17)27-4/h6,8-9,12,14,18H,5,7,10-11,13H2,1-4H3,(H2,21,22,24). The summed E-state index contributed by atoms with van der Waals surface area (Å²) in [4.78, 5) is 9.29. The Morgan fingerprint density at radius 3 is 3.00 bits per heavy atom. The lowest BCUT2D eigenvalue weighted by atomic mass is 10.1. The van der Waals surface area contributed by atoms with Crippen molar-refractivity contribution in [2.45, 2.75) is 52.3 Å². The van der Waals surface area contributed by atoms with E-state index in [9.17, 15) is 0 Å². The topological polar surface area (TPSA) is 85.6 Å². The summed E-state index contributed by atoms with van der Waals surface area (Å²) in [5, 5.41) is 11.3. The first-order chi connectivity index (χ1) is 13.6. The summed E-state index contributed by atoms with van der Waals surface area (Å²) in [6, 6.07) is 7.72. The Labute approximate surface area is 166 Å². The van der Waals surface area contributed by atoms with Gasteiger partial charge in [0.05, 0.1) is 19.7 Å². The van der Waals surface area contributed by atoms with E-state index in [-0.39, 0.29) is 12.1 Å². The van der Waals surface area contributed by atoms with Crippen LogP contribution in [-0.2, 0) is 6.54 Å². The number of guanidine groups is 1. The van der Waals surface area contributed by atoms with Gasteiger partial charge in [-0.1, -0.05) is 6.07 Å². The van der Waals surface area contributed by atoms with Gasteiger partial charge in [-0.2, -0.15) is 5.10 Å². The molecule has 2 aromatic rings. The second-order valence-electron chi connectivity index (χ2n) is 6.91. The van der Waals surface area contributed by atoms with Crippen LogP contribution in [0.2, 0.25) is 0 Å². The van der Waals surface area contributed by atoms with Crippen LogP contribution in [0.5, 0.6) is 11.5 Å². The summed E-state index contributed by atoms with van der Waals surface area (Å²) < 4.78 is 13.2. The van der Waals surface area contributed by atoms with Crippen LogP contribution in [0.3, 0.4) is 0 Å². The zero-order valence-corrected chi connectivity index (χ0v) is 17.1. The molecular weight excluding hydrogens is 356 g/mol. The van der Waals surface area contributed by atoms with Crippen LogP contribution < -0.4 is 20.1 Å². The predicted molar refractivity (Wildman–Crippen MR) is 109 cm³/mol. The molecule has 0 fully saturated rings. The Morgan fingerprint density at radius 2 is 2.21 bits per heavy atom. The first-order valence-corrected chi connectivity index (χ1v) is 9.86. The Morgan fingerprint density at radius 1 is 1.39 bits per heavy atom. The Hall–Kier alpha value is -2.77. The number of benzene rings is 1. The predicted octanol–water partition coefficient (Wildman–Crippen LogP) is 2.45. The molecule has 3 rings (SSSR count). The van der Waals surface area contributed by atoms with Gasteiger partial charge < -0.3 is 20.1 Å². The van der Waals surface area contributed by atoms with Gasteiger partial charge in [-0.15, -0.1) is 0 Å². The monoisotopic (exact) mass is 386 g/mol. The number of nitrogens with one attached hydrogen (secondary N) is 2. The highest BCUT2D eigenvalue weighted by Crippen LogP contribution is 2.23. The number of fused-ring (bicyclic) bond motifs is 1. The first kappa shape index (κ1) is 20.0. The number of rotatable bonds is 7. The molecule has 2 unspecified atom stereocenters. The molecule has 2 atom stereocenters. The van der Waals surface area contributed by atoms with Crippen LogP contribution in [0.1, 0.15) is 44.4 Å². The fourth-order valence-corrected chi connectivity index (χ4v) is 3.25. The molecule has 152 valence electrons. The van der Waals surface area contributed by atoms with Gasteiger partial charge in [-0.25, -0.2) is 14.7 Å². The third kappa shape index (κ3) is 5.15. The molecule has 0 saturated carbocycles. The summed E-state index contributed by atoms with van der Waals surface area (Å²) in [5.41, 5.74) is 0. The fraction of sp³-hybridized carbons (Fsp3) is 0.550. The van der Waals surface area contributed by atoms with Crippen LogP contribution in [0.4, 0.5) is 0 Å². The maximum Gasteiger partial charge on any atom is 0.191 e. The summed E-state index contributed by atoms with van der Waals surface area (Å²) in [5.74, 6) is 4.11. The van der Waals surface area contributed by atoms with Crippen molar-refractivity contribution < 1.29 is 9.47 Å². The van der Waals surface area contributed by atoms with E-state index in [1.54, 1.807) is 7.11 Å². The molecule has 8 heteroatoms. The van der Waals surface area contributed by atoms with E-state index in [0.717, 1.165) is 55.0 Å². The van der Waals surface area contributed by atoms with Crippen LogP contribution >= 0.6 is 0 Å². The average Bonchev–Trinajstić information content (AvgIpc) is 3.07. The number of ether oxygens (including phenoxy) is 2. The van der Waals surface area contributed by atoms with E-state index in [0.29, 0.717) is 6.54 Å². The van der Waals surface area contributed by atoms with Gasteiger partial charge in [-0.3, -0.25) is 0 Å². The molecular formula is C20H30N6O2. The van der Waals surface area contributed by atoms with Gasteiger partial charge >= 0.3 is 0 Å². The number of methoxy groups -OCH3 is 1. The van der Waals surface area contributed by atoms with E-state index >= 15 is 0 Å². The van der Waals surface area contributed by atoms with Crippen molar-refractivity contribution in [2.75, 3.05) is 20.2 Å². The quantitative estimate of drug-likeness (QED) is 0.562. The molecule has 1 aliphatic heterocycles. The minimum absolute atomic E-state index is 0.0696. The number of hydrogen-bond donors (Lipinski definition) is 2. The number of nitrogens with zero attached hydrogens (tertiary/aromatic N) is 4. The minimum atomic E-state index is -0.0696. The summed E-state index contributed by atoms with van der Waals surface area (Å²) in [6.07, 6.45) is 2.01.